The van der Waals surface area contributed by atoms with Crippen molar-refractivity contribution in [3.05, 3.63) is 72.3 Å². The van der Waals surface area contributed by atoms with Crippen LogP contribution in [-0.2, 0) is 13.5 Å². The van der Waals surface area contributed by atoms with Crippen LogP contribution in [0.3, 0.4) is 0 Å². The predicted octanol–water partition coefficient (Wildman–Crippen LogP) is 4.48. The molecule has 0 atom stereocenters. The van der Waals surface area contributed by atoms with Gasteiger partial charge in [0, 0.05) is 48.0 Å². The van der Waals surface area contributed by atoms with Crippen molar-refractivity contribution in [2.24, 2.45) is 7.05 Å². The summed E-state index contributed by atoms with van der Waals surface area (Å²) < 4.78 is 1.82. The Morgan fingerprint density at radius 2 is 1.70 bits per heavy atom. The lowest BCUT2D eigenvalue weighted by Crippen LogP contribution is -2.02. The maximum absolute atomic E-state index is 4.92. The van der Waals surface area contributed by atoms with Crippen LogP contribution in [0.15, 0.2) is 61.1 Å². The third-order valence-electron chi connectivity index (χ3n) is 4.65. The van der Waals surface area contributed by atoms with E-state index in [9.17, 15) is 0 Å². The molecule has 4 rings (SSSR count). The molecule has 27 heavy (non-hydrogen) atoms. The molecule has 0 bridgehead atoms. The van der Waals surface area contributed by atoms with Gasteiger partial charge in [-0.25, -0.2) is 9.97 Å². The van der Waals surface area contributed by atoms with Gasteiger partial charge in [-0.2, -0.15) is 5.10 Å². The highest BCUT2D eigenvalue weighted by molar-refractivity contribution is 5.73. The number of benzene rings is 1. The van der Waals surface area contributed by atoms with E-state index in [0.717, 1.165) is 46.0 Å². The number of pyridine rings is 1. The molecule has 0 amide bonds. The van der Waals surface area contributed by atoms with E-state index in [1.807, 2.05) is 36.1 Å². The molecule has 0 aliphatic heterocycles. The average molecular weight is 355 g/mol. The summed E-state index contributed by atoms with van der Waals surface area (Å²) in [5, 5.41) is 4.52. The van der Waals surface area contributed by atoms with Crippen LogP contribution in [0.5, 0.6) is 0 Å². The first kappa shape index (κ1) is 17.1. The van der Waals surface area contributed by atoms with Crippen LogP contribution in [0.1, 0.15) is 18.2 Å². The maximum Gasteiger partial charge on any atom is 0.160 e. The van der Waals surface area contributed by atoms with Gasteiger partial charge in [-0.1, -0.05) is 25.1 Å². The van der Waals surface area contributed by atoms with Gasteiger partial charge in [0.25, 0.3) is 0 Å². The normalized spacial score (nSPS) is 10.9. The number of nitrogens with zero attached hydrogens (tertiary/aromatic N) is 5. The van der Waals surface area contributed by atoms with Gasteiger partial charge in [0.2, 0.25) is 0 Å². The van der Waals surface area contributed by atoms with Gasteiger partial charge in [-0.3, -0.25) is 9.67 Å². The Balaban J connectivity index is 1.87. The Hall–Kier alpha value is -3.34. The largest absolute Gasteiger partial charge is 0.275 e. The lowest BCUT2D eigenvalue weighted by Gasteiger charge is -2.13. The van der Waals surface area contributed by atoms with Crippen LogP contribution in [-0.4, -0.2) is 24.7 Å². The minimum Gasteiger partial charge on any atom is -0.275 e. The predicted molar refractivity (Wildman–Crippen MR) is 107 cm³/mol. The fourth-order valence-electron chi connectivity index (χ4n) is 3.28. The zero-order chi connectivity index (χ0) is 18.8. The van der Waals surface area contributed by atoms with E-state index in [2.05, 4.69) is 48.2 Å². The lowest BCUT2D eigenvalue weighted by atomic mass is 9.99. The summed E-state index contributed by atoms with van der Waals surface area (Å²) in [7, 11) is 1.93. The first-order valence-corrected chi connectivity index (χ1v) is 9.04. The Morgan fingerprint density at radius 1 is 0.926 bits per heavy atom. The van der Waals surface area contributed by atoms with Crippen molar-refractivity contribution in [3.8, 4) is 33.9 Å². The molecule has 0 aliphatic rings. The van der Waals surface area contributed by atoms with E-state index in [4.69, 9.17) is 9.97 Å². The van der Waals surface area contributed by atoms with Gasteiger partial charge >= 0.3 is 0 Å². The number of hydrogen-bond donors (Lipinski definition) is 0. The Bertz CT molecular complexity index is 1080. The highest BCUT2D eigenvalue weighted by Gasteiger charge is 2.14. The summed E-state index contributed by atoms with van der Waals surface area (Å²) in [6.45, 7) is 4.20. The summed E-state index contributed by atoms with van der Waals surface area (Å²) >= 11 is 0. The fourth-order valence-corrected chi connectivity index (χ4v) is 3.28. The van der Waals surface area contributed by atoms with Crippen molar-refractivity contribution in [2.45, 2.75) is 20.3 Å². The van der Waals surface area contributed by atoms with E-state index in [0.29, 0.717) is 0 Å². The zero-order valence-corrected chi connectivity index (χ0v) is 15.7. The molecular weight excluding hydrogens is 334 g/mol. The molecule has 4 aromatic rings. The zero-order valence-electron chi connectivity index (χ0n) is 15.7. The molecule has 5 nitrogen and oxygen atoms in total. The molecule has 1 aromatic carbocycles. The number of aromatic nitrogens is 5. The fraction of sp³-hybridized carbons (Fsp3) is 0.182. The molecule has 0 spiro atoms. The summed E-state index contributed by atoms with van der Waals surface area (Å²) in [4.78, 5) is 13.7. The second kappa shape index (κ2) is 7.11. The third-order valence-corrected chi connectivity index (χ3v) is 4.65. The van der Waals surface area contributed by atoms with Crippen LogP contribution in [0.25, 0.3) is 33.9 Å². The lowest BCUT2D eigenvalue weighted by molar-refractivity contribution is 0.771. The molecule has 0 radical (unpaired) electrons. The number of rotatable bonds is 4. The molecule has 134 valence electrons. The van der Waals surface area contributed by atoms with E-state index < -0.39 is 0 Å². The summed E-state index contributed by atoms with van der Waals surface area (Å²) in [6.07, 6.45) is 6.37. The van der Waals surface area contributed by atoms with E-state index in [1.54, 1.807) is 12.4 Å². The van der Waals surface area contributed by atoms with Gasteiger partial charge in [0.05, 0.1) is 11.4 Å². The second-order valence-electron chi connectivity index (χ2n) is 6.50. The molecule has 0 aliphatic carbocycles. The molecular formula is C22H21N5. The van der Waals surface area contributed by atoms with E-state index in [-0.39, 0.29) is 0 Å². The quantitative estimate of drug-likeness (QED) is 0.542. The topological polar surface area (TPSA) is 56.5 Å². The molecule has 3 aromatic heterocycles. The summed E-state index contributed by atoms with van der Waals surface area (Å²) in [6, 6.07) is 14.3. The number of hydrogen-bond acceptors (Lipinski definition) is 4. The van der Waals surface area contributed by atoms with Crippen molar-refractivity contribution in [1.29, 1.82) is 0 Å². The van der Waals surface area contributed by atoms with E-state index in [1.165, 1.54) is 5.56 Å². The molecule has 0 fully saturated rings. The van der Waals surface area contributed by atoms with Crippen LogP contribution in [0, 0.1) is 6.92 Å². The molecule has 5 heteroatoms. The first-order chi connectivity index (χ1) is 13.2. The third kappa shape index (κ3) is 3.36. The van der Waals surface area contributed by atoms with Gasteiger partial charge in [-0.05, 0) is 43.2 Å². The van der Waals surface area contributed by atoms with Crippen molar-refractivity contribution in [3.63, 3.8) is 0 Å². The van der Waals surface area contributed by atoms with Crippen molar-refractivity contribution < 1.29 is 0 Å². The summed E-state index contributed by atoms with van der Waals surface area (Å²) in [5.41, 5.74) is 7.25. The SMILES string of the molecule is CCc1c(C)nc(-c2ccncc2)nc1-c1cccc(-c2ccn(C)n2)c1. The van der Waals surface area contributed by atoms with Gasteiger partial charge in [0.1, 0.15) is 0 Å². The Kier molecular flexibility index (Phi) is 4.50. The molecule has 0 saturated heterocycles. The average Bonchev–Trinajstić information content (AvgIpc) is 3.14. The minimum absolute atomic E-state index is 0.727. The highest BCUT2D eigenvalue weighted by atomic mass is 15.2. The Morgan fingerprint density at radius 3 is 2.41 bits per heavy atom. The standard InChI is InChI=1S/C22H21N5/c1-4-19-15(2)24-22(16-8-11-23-12-9-16)25-21(19)18-7-5-6-17(14-18)20-10-13-27(3)26-20/h5-14H,4H2,1-3H3. The van der Waals surface area contributed by atoms with Crippen LogP contribution >= 0.6 is 0 Å². The monoisotopic (exact) mass is 355 g/mol. The van der Waals surface area contributed by atoms with Crippen molar-refractivity contribution >= 4 is 0 Å². The molecule has 0 unspecified atom stereocenters. The molecule has 0 saturated carbocycles. The second-order valence-corrected chi connectivity index (χ2v) is 6.50. The van der Waals surface area contributed by atoms with Crippen LogP contribution in [0.4, 0.5) is 0 Å². The molecule has 0 N–H and O–H groups in total. The van der Waals surface area contributed by atoms with E-state index >= 15 is 0 Å². The van der Waals surface area contributed by atoms with Gasteiger partial charge in [0.15, 0.2) is 5.82 Å². The van der Waals surface area contributed by atoms with Crippen molar-refractivity contribution in [1.82, 2.24) is 24.7 Å². The highest BCUT2D eigenvalue weighted by Crippen LogP contribution is 2.30. The van der Waals surface area contributed by atoms with Gasteiger partial charge in [-0.15, -0.1) is 0 Å². The van der Waals surface area contributed by atoms with Crippen LogP contribution in [0.2, 0.25) is 0 Å². The minimum atomic E-state index is 0.727. The van der Waals surface area contributed by atoms with Gasteiger partial charge < -0.3 is 0 Å². The summed E-state index contributed by atoms with van der Waals surface area (Å²) in [5.74, 6) is 0.727. The number of aryl methyl sites for hydroxylation is 2. The van der Waals surface area contributed by atoms with Crippen LogP contribution < -0.4 is 0 Å². The Labute approximate surface area is 158 Å². The first-order valence-electron chi connectivity index (χ1n) is 9.04. The van der Waals surface area contributed by atoms with Crippen molar-refractivity contribution in [2.75, 3.05) is 0 Å². The maximum atomic E-state index is 4.92. The molecule has 3 heterocycles. The smallest absolute Gasteiger partial charge is 0.160 e.